The van der Waals surface area contributed by atoms with Crippen LogP contribution in [0.4, 0.5) is 0 Å². The van der Waals surface area contributed by atoms with Crippen LogP contribution < -0.4 is 0 Å². The Hall–Kier alpha value is -1.83. The minimum atomic E-state index is -3.95. The first kappa shape index (κ1) is 13.2. The largest absolute Gasteiger partial charge is 0.476 e. The van der Waals surface area contributed by atoms with Crippen molar-refractivity contribution in [2.24, 2.45) is 0 Å². The SMILES string of the molecule is CC(C)S(=O)(=O)C(=O)c1cnc(C(=O)O)cn1. The number of aromatic nitrogens is 2. The van der Waals surface area contributed by atoms with Gasteiger partial charge in [0, 0.05) is 0 Å². The van der Waals surface area contributed by atoms with Gasteiger partial charge >= 0.3 is 5.97 Å². The fraction of sp³-hybridized carbons (Fsp3) is 0.333. The molecular weight excluding hydrogens is 248 g/mol. The summed E-state index contributed by atoms with van der Waals surface area (Å²) in [5.74, 6) is -1.30. The normalized spacial score (nSPS) is 11.5. The molecule has 8 heteroatoms. The number of sulfone groups is 1. The van der Waals surface area contributed by atoms with E-state index in [4.69, 9.17) is 5.11 Å². The highest BCUT2D eigenvalue weighted by Crippen LogP contribution is 2.08. The fourth-order valence-electron chi connectivity index (χ4n) is 0.904. The molecule has 0 aliphatic carbocycles. The second-order valence-corrected chi connectivity index (χ2v) is 5.88. The van der Waals surface area contributed by atoms with Gasteiger partial charge in [0.1, 0.15) is 5.69 Å². The second kappa shape index (κ2) is 4.58. The van der Waals surface area contributed by atoms with Crippen LogP contribution in [-0.4, -0.2) is 39.8 Å². The van der Waals surface area contributed by atoms with Gasteiger partial charge in [-0.3, -0.25) is 4.79 Å². The van der Waals surface area contributed by atoms with Gasteiger partial charge in [-0.25, -0.2) is 23.2 Å². The lowest BCUT2D eigenvalue weighted by Crippen LogP contribution is -2.25. The van der Waals surface area contributed by atoms with Gasteiger partial charge in [-0.1, -0.05) is 0 Å². The molecule has 17 heavy (non-hydrogen) atoms. The Bertz CT molecular complexity index is 547. The molecule has 0 radical (unpaired) electrons. The Morgan fingerprint density at radius 3 is 2.00 bits per heavy atom. The van der Waals surface area contributed by atoms with E-state index in [0.717, 1.165) is 12.4 Å². The summed E-state index contributed by atoms with van der Waals surface area (Å²) in [6.07, 6.45) is 1.68. The molecule has 1 aromatic heterocycles. The van der Waals surface area contributed by atoms with E-state index in [9.17, 15) is 18.0 Å². The van der Waals surface area contributed by atoms with Crippen molar-refractivity contribution in [1.29, 1.82) is 0 Å². The zero-order valence-corrected chi connectivity index (χ0v) is 9.93. The molecule has 0 aliphatic heterocycles. The first-order valence-electron chi connectivity index (χ1n) is 4.60. The molecular formula is C9H10N2O5S. The number of aromatic carboxylic acids is 1. The van der Waals surface area contributed by atoms with Crippen LogP contribution in [-0.2, 0) is 9.84 Å². The predicted molar refractivity (Wildman–Crippen MR) is 57.4 cm³/mol. The summed E-state index contributed by atoms with van der Waals surface area (Å²) in [5, 5.41) is 6.54. The molecule has 0 bridgehead atoms. The number of hydrogen-bond acceptors (Lipinski definition) is 6. The summed E-state index contributed by atoms with van der Waals surface area (Å²) < 4.78 is 23.0. The molecule has 1 rings (SSSR count). The molecule has 1 aromatic rings. The van der Waals surface area contributed by atoms with Gasteiger partial charge in [0.15, 0.2) is 5.69 Å². The standard InChI is InChI=1S/C9H10N2O5S/c1-5(2)17(15,16)9(14)7-4-10-6(3-11-7)8(12)13/h3-5H,1-2H3,(H,12,13). The maximum absolute atomic E-state index is 11.6. The van der Waals surface area contributed by atoms with E-state index in [1.165, 1.54) is 13.8 Å². The van der Waals surface area contributed by atoms with Gasteiger partial charge in [0.2, 0.25) is 9.84 Å². The molecule has 7 nitrogen and oxygen atoms in total. The van der Waals surface area contributed by atoms with Gasteiger partial charge in [-0.2, -0.15) is 0 Å². The molecule has 92 valence electrons. The maximum Gasteiger partial charge on any atom is 0.356 e. The Morgan fingerprint density at radius 2 is 1.65 bits per heavy atom. The van der Waals surface area contributed by atoms with Crippen molar-refractivity contribution in [2.75, 3.05) is 0 Å². The van der Waals surface area contributed by atoms with Crippen molar-refractivity contribution < 1.29 is 23.1 Å². The summed E-state index contributed by atoms with van der Waals surface area (Å²) in [6.45, 7) is 2.73. The third-order valence-electron chi connectivity index (χ3n) is 1.96. The number of carboxylic acid groups (broad SMARTS) is 1. The van der Waals surface area contributed by atoms with Crippen LogP contribution >= 0.6 is 0 Å². The molecule has 1 heterocycles. The van der Waals surface area contributed by atoms with Crippen LogP contribution in [0.2, 0.25) is 0 Å². The van der Waals surface area contributed by atoms with E-state index in [2.05, 4.69) is 9.97 Å². The van der Waals surface area contributed by atoms with Crippen molar-refractivity contribution in [3.05, 3.63) is 23.8 Å². The number of carbonyl (C=O) groups excluding carboxylic acids is 1. The van der Waals surface area contributed by atoms with Gasteiger partial charge in [-0.15, -0.1) is 0 Å². The molecule has 0 aromatic carbocycles. The predicted octanol–water partition coefficient (Wildman–Crippen LogP) is 0.138. The molecule has 0 fully saturated rings. The molecule has 0 saturated heterocycles. The summed E-state index contributed by atoms with van der Waals surface area (Å²) in [6, 6.07) is 0. The average Bonchev–Trinajstić information content (AvgIpc) is 2.27. The highest BCUT2D eigenvalue weighted by atomic mass is 32.2. The minimum absolute atomic E-state index is 0.358. The lowest BCUT2D eigenvalue weighted by atomic mass is 10.4. The molecule has 0 aliphatic rings. The molecule has 0 amide bonds. The third-order valence-corrected chi connectivity index (χ3v) is 3.93. The molecule has 0 spiro atoms. The first-order chi connectivity index (χ1) is 7.76. The molecule has 1 N–H and O–H groups in total. The lowest BCUT2D eigenvalue weighted by Gasteiger charge is -2.05. The number of hydrogen-bond donors (Lipinski definition) is 1. The van der Waals surface area contributed by atoms with Crippen LogP contribution in [0.3, 0.4) is 0 Å². The topological polar surface area (TPSA) is 114 Å². The van der Waals surface area contributed by atoms with Crippen LogP contribution in [0, 0.1) is 0 Å². The van der Waals surface area contributed by atoms with Crippen molar-refractivity contribution in [3.63, 3.8) is 0 Å². The van der Waals surface area contributed by atoms with Crippen LogP contribution in [0.5, 0.6) is 0 Å². The highest BCUT2D eigenvalue weighted by Gasteiger charge is 2.29. The van der Waals surface area contributed by atoms with E-state index >= 15 is 0 Å². The molecule has 0 saturated carbocycles. The van der Waals surface area contributed by atoms with Crippen molar-refractivity contribution in [2.45, 2.75) is 19.1 Å². The Kier molecular flexibility index (Phi) is 3.56. The smallest absolute Gasteiger partial charge is 0.356 e. The quantitative estimate of drug-likeness (QED) is 0.819. The van der Waals surface area contributed by atoms with E-state index in [-0.39, 0.29) is 11.4 Å². The zero-order valence-electron chi connectivity index (χ0n) is 9.11. The van der Waals surface area contributed by atoms with Crippen LogP contribution in [0.15, 0.2) is 12.4 Å². The Balaban J connectivity index is 3.11. The summed E-state index contributed by atoms with van der Waals surface area (Å²) in [4.78, 5) is 28.9. The minimum Gasteiger partial charge on any atom is -0.476 e. The van der Waals surface area contributed by atoms with Crippen molar-refractivity contribution >= 4 is 20.9 Å². The van der Waals surface area contributed by atoms with Crippen molar-refractivity contribution in [1.82, 2.24) is 9.97 Å². The van der Waals surface area contributed by atoms with Crippen molar-refractivity contribution in [3.8, 4) is 0 Å². The molecule has 0 unspecified atom stereocenters. The van der Waals surface area contributed by atoms with Crippen LogP contribution in [0.25, 0.3) is 0 Å². The van der Waals surface area contributed by atoms with E-state index in [0.29, 0.717) is 0 Å². The first-order valence-corrected chi connectivity index (χ1v) is 6.15. The fourth-order valence-corrected chi connectivity index (χ4v) is 1.73. The Labute approximate surface area is 97.4 Å². The number of nitrogens with zero attached hydrogens (tertiary/aromatic N) is 2. The average molecular weight is 258 g/mol. The number of rotatable bonds is 3. The summed E-state index contributed by atoms with van der Waals surface area (Å²) in [7, 11) is -3.95. The number of carbonyl (C=O) groups is 2. The zero-order chi connectivity index (χ0) is 13.2. The van der Waals surface area contributed by atoms with Gasteiger partial charge in [0.05, 0.1) is 17.6 Å². The number of carboxylic acids is 1. The summed E-state index contributed by atoms with van der Waals surface area (Å²) in [5.41, 5.74) is -0.743. The Morgan fingerprint density at radius 1 is 1.18 bits per heavy atom. The van der Waals surface area contributed by atoms with E-state index < -0.39 is 26.2 Å². The second-order valence-electron chi connectivity index (χ2n) is 3.47. The summed E-state index contributed by atoms with van der Waals surface area (Å²) >= 11 is 0. The lowest BCUT2D eigenvalue weighted by molar-refractivity contribution is 0.0689. The third kappa shape index (κ3) is 2.64. The van der Waals surface area contributed by atoms with E-state index in [1.54, 1.807) is 0 Å². The van der Waals surface area contributed by atoms with Gasteiger partial charge in [0.25, 0.3) is 5.12 Å². The van der Waals surface area contributed by atoms with Crippen LogP contribution in [0.1, 0.15) is 34.8 Å². The maximum atomic E-state index is 11.6. The highest BCUT2D eigenvalue weighted by molar-refractivity contribution is 8.07. The van der Waals surface area contributed by atoms with Gasteiger partial charge in [-0.05, 0) is 13.8 Å². The van der Waals surface area contributed by atoms with E-state index in [1.807, 2.05) is 0 Å². The monoisotopic (exact) mass is 258 g/mol. The molecule has 0 atom stereocenters. The van der Waals surface area contributed by atoms with Gasteiger partial charge < -0.3 is 5.11 Å².